The van der Waals surface area contributed by atoms with Crippen molar-refractivity contribution in [2.45, 2.75) is 49.3 Å². The van der Waals surface area contributed by atoms with E-state index in [1.54, 1.807) is 19.3 Å². The number of pyridine rings is 1. The number of benzene rings is 1. The van der Waals surface area contributed by atoms with Crippen LogP contribution < -0.4 is 10.7 Å². The van der Waals surface area contributed by atoms with Gasteiger partial charge in [0.2, 0.25) is 5.91 Å². The van der Waals surface area contributed by atoms with Crippen LogP contribution in [-0.2, 0) is 16.0 Å². The monoisotopic (exact) mass is 491 g/mol. The molecule has 3 heterocycles. The van der Waals surface area contributed by atoms with Crippen molar-refractivity contribution in [2.24, 2.45) is 0 Å². The van der Waals surface area contributed by atoms with Crippen molar-refractivity contribution in [1.29, 1.82) is 0 Å². The molecule has 1 saturated carbocycles. The van der Waals surface area contributed by atoms with Crippen LogP contribution in [0, 0.1) is 0 Å². The lowest BCUT2D eigenvalue weighted by Crippen LogP contribution is -2.49. The van der Waals surface area contributed by atoms with Crippen molar-refractivity contribution in [3.05, 3.63) is 60.4 Å². The number of rotatable bonds is 9. The van der Waals surface area contributed by atoms with Gasteiger partial charge in [-0.25, -0.2) is 4.79 Å². The topological polar surface area (TPSA) is 122 Å². The summed E-state index contributed by atoms with van der Waals surface area (Å²) in [6, 6.07) is 13.1. The zero-order valence-electron chi connectivity index (χ0n) is 19.2. The van der Waals surface area contributed by atoms with Gasteiger partial charge in [0.1, 0.15) is 5.54 Å². The third-order valence-corrected chi connectivity index (χ3v) is 7.04. The van der Waals surface area contributed by atoms with E-state index < -0.39 is 23.4 Å². The summed E-state index contributed by atoms with van der Waals surface area (Å²) in [5.41, 5.74) is 3.34. The van der Waals surface area contributed by atoms with Gasteiger partial charge in [-0.2, -0.15) is 5.01 Å². The molecule has 2 aliphatic rings. The molecule has 35 heavy (non-hydrogen) atoms. The second-order valence-corrected chi connectivity index (χ2v) is 9.80. The summed E-state index contributed by atoms with van der Waals surface area (Å²) in [5, 5.41) is 12.7. The lowest BCUT2D eigenvalue weighted by Gasteiger charge is -2.21. The summed E-state index contributed by atoms with van der Waals surface area (Å²) in [5.74, 6) is -0.223. The van der Waals surface area contributed by atoms with Crippen LogP contribution in [0.4, 0.5) is 4.79 Å². The van der Waals surface area contributed by atoms with E-state index in [-0.39, 0.29) is 5.75 Å². The molecule has 1 saturated heterocycles. The van der Waals surface area contributed by atoms with Gasteiger partial charge in [0.25, 0.3) is 5.91 Å². The van der Waals surface area contributed by atoms with Gasteiger partial charge in [0.05, 0.1) is 5.75 Å². The normalized spacial score (nSPS) is 19.6. The van der Waals surface area contributed by atoms with Crippen LogP contribution in [0.2, 0.25) is 0 Å². The quantitative estimate of drug-likeness (QED) is 0.349. The highest BCUT2D eigenvalue weighted by Crippen LogP contribution is 2.41. The van der Waals surface area contributed by atoms with Gasteiger partial charge >= 0.3 is 6.03 Å². The van der Waals surface area contributed by atoms with Gasteiger partial charge in [-0.05, 0) is 50.3 Å². The molecule has 5 rings (SSSR count). The molecule has 3 aromatic rings. The number of aryl methyl sites for hydroxylation is 1. The minimum atomic E-state index is -1.08. The van der Waals surface area contributed by atoms with E-state index in [0.29, 0.717) is 24.0 Å². The average Bonchev–Trinajstić information content (AvgIpc) is 3.59. The van der Waals surface area contributed by atoms with E-state index in [9.17, 15) is 14.4 Å². The van der Waals surface area contributed by atoms with Gasteiger partial charge in [-0.1, -0.05) is 42.1 Å². The van der Waals surface area contributed by atoms with Crippen molar-refractivity contribution in [2.75, 3.05) is 5.75 Å². The summed E-state index contributed by atoms with van der Waals surface area (Å²) in [4.78, 5) is 42.1. The number of urea groups is 1. The van der Waals surface area contributed by atoms with Crippen molar-refractivity contribution < 1.29 is 14.4 Å². The predicted octanol–water partition coefficient (Wildman–Crippen LogP) is 2.74. The summed E-state index contributed by atoms with van der Waals surface area (Å²) in [7, 11) is 0. The fourth-order valence-corrected chi connectivity index (χ4v) is 4.81. The Hall–Kier alpha value is -3.73. The van der Waals surface area contributed by atoms with Crippen molar-refractivity contribution >= 4 is 29.6 Å². The van der Waals surface area contributed by atoms with Crippen LogP contribution in [-0.4, -0.2) is 53.9 Å². The Morgan fingerprint density at radius 1 is 1.14 bits per heavy atom. The third kappa shape index (κ3) is 4.90. The molecule has 2 aromatic heterocycles. The Kier molecular flexibility index (Phi) is 6.25. The molecule has 0 spiro atoms. The van der Waals surface area contributed by atoms with E-state index in [1.807, 2.05) is 47.0 Å². The second kappa shape index (κ2) is 9.49. The van der Waals surface area contributed by atoms with Gasteiger partial charge < -0.3 is 5.32 Å². The van der Waals surface area contributed by atoms with Gasteiger partial charge in [-0.15, -0.1) is 10.2 Å². The molecule has 1 aliphatic heterocycles. The van der Waals surface area contributed by atoms with Gasteiger partial charge in [0.15, 0.2) is 11.0 Å². The Bertz CT molecular complexity index is 1250. The number of amides is 4. The molecule has 1 aromatic carbocycles. The van der Waals surface area contributed by atoms with Crippen LogP contribution in [0.15, 0.2) is 60.0 Å². The van der Waals surface area contributed by atoms with Crippen molar-refractivity contribution in [1.82, 2.24) is 35.5 Å². The van der Waals surface area contributed by atoms with Crippen molar-refractivity contribution in [3.63, 3.8) is 0 Å². The molecule has 11 heteroatoms. The highest BCUT2D eigenvalue weighted by molar-refractivity contribution is 7.99. The maximum absolute atomic E-state index is 13.0. The molecule has 2 fully saturated rings. The van der Waals surface area contributed by atoms with Crippen LogP contribution in [0.25, 0.3) is 11.4 Å². The lowest BCUT2D eigenvalue weighted by atomic mass is 9.93. The highest BCUT2D eigenvalue weighted by Gasteiger charge is 2.48. The summed E-state index contributed by atoms with van der Waals surface area (Å²) in [6.45, 7) is 1.68. The summed E-state index contributed by atoms with van der Waals surface area (Å²) < 4.78 is 2.04. The Labute approximate surface area is 206 Å². The molecule has 0 radical (unpaired) electrons. The average molecular weight is 492 g/mol. The summed E-state index contributed by atoms with van der Waals surface area (Å²) >= 11 is 1.22. The van der Waals surface area contributed by atoms with Gasteiger partial charge in [0, 0.05) is 24.0 Å². The molecule has 180 valence electrons. The SMILES string of the molecule is C[C@@]1(CCc2ccccc2)NC(=O)N(NC(=O)CSc2nnc(-c3ccncc3)n2C2CC2)C1=O. The van der Waals surface area contributed by atoms with Crippen LogP contribution >= 0.6 is 11.8 Å². The zero-order valence-corrected chi connectivity index (χ0v) is 20.0. The van der Waals surface area contributed by atoms with Crippen molar-refractivity contribution in [3.8, 4) is 11.4 Å². The smallest absolute Gasteiger partial charge is 0.322 e. The molecular formula is C24H25N7O3S. The number of hydrogen-bond acceptors (Lipinski definition) is 7. The molecular weight excluding hydrogens is 466 g/mol. The Balaban J connectivity index is 1.20. The first-order chi connectivity index (χ1) is 16.9. The number of carbonyl (C=O) groups excluding carboxylic acids is 3. The number of nitrogens with one attached hydrogen (secondary N) is 2. The Morgan fingerprint density at radius 2 is 1.89 bits per heavy atom. The fraction of sp³-hybridized carbons (Fsp3) is 0.333. The Morgan fingerprint density at radius 3 is 2.60 bits per heavy atom. The number of hydrogen-bond donors (Lipinski definition) is 2. The predicted molar refractivity (Wildman–Crippen MR) is 129 cm³/mol. The first kappa shape index (κ1) is 23.0. The number of nitrogens with zero attached hydrogens (tertiary/aromatic N) is 5. The largest absolute Gasteiger partial charge is 0.344 e. The van der Waals surface area contributed by atoms with E-state index in [2.05, 4.69) is 25.9 Å². The van der Waals surface area contributed by atoms with Gasteiger partial charge in [-0.3, -0.25) is 24.6 Å². The molecule has 0 unspecified atom stereocenters. The minimum Gasteiger partial charge on any atom is -0.322 e. The summed E-state index contributed by atoms with van der Waals surface area (Å²) in [6.07, 6.45) is 6.50. The number of imide groups is 1. The fourth-order valence-electron chi connectivity index (χ4n) is 4.02. The van der Waals surface area contributed by atoms with E-state index in [4.69, 9.17) is 0 Å². The van der Waals surface area contributed by atoms with E-state index in [1.165, 1.54) is 11.8 Å². The van der Waals surface area contributed by atoms with E-state index >= 15 is 0 Å². The standard InChI is InChI=1S/C24H25N7O3S/c1-24(12-9-16-5-3-2-4-6-16)21(33)31(22(34)26-24)29-19(32)15-35-23-28-27-20(30(23)18-7-8-18)17-10-13-25-14-11-17/h2-6,10-11,13-14,18H,7-9,12,15H2,1H3,(H,26,34)(H,29,32)/t24-/m0/s1. The first-order valence-electron chi connectivity index (χ1n) is 11.4. The maximum atomic E-state index is 13.0. The minimum absolute atomic E-state index is 0.0149. The number of thioether (sulfide) groups is 1. The number of carbonyl (C=O) groups is 3. The van der Waals surface area contributed by atoms with E-state index in [0.717, 1.165) is 34.8 Å². The first-order valence-corrected chi connectivity index (χ1v) is 12.4. The van der Waals surface area contributed by atoms with Crippen LogP contribution in [0.3, 0.4) is 0 Å². The number of hydrazine groups is 1. The molecule has 2 N–H and O–H groups in total. The highest BCUT2D eigenvalue weighted by atomic mass is 32.2. The molecule has 4 amide bonds. The molecule has 1 atom stereocenters. The molecule has 0 bridgehead atoms. The lowest BCUT2D eigenvalue weighted by molar-refractivity contribution is -0.138. The molecule has 1 aliphatic carbocycles. The van der Waals surface area contributed by atoms with Crippen LogP contribution in [0.1, 0.15) is 37.8 Å². The number of aromatic nitrogens is 4. The maximum Gasteiger partial charge on any atom is 0.344 e. The zero-order chi connectivity index (χ0) is 24.4. The third-order valence-electron chi connectivity index (χ3n) is 6.10. The second-order valence-electron chi connectivity index (χ2n) is 8.86. The molecule has 10 nitrogen and oxygen atoms in total. The van der Waals surface area contributed by atoms with Crippen LogP contribution in [0.5, 0.6) is 0 Å².